The Morgan fingerprint density at radius 3 is 2.50 bits per heavy atom. The molecule has 0 bridgehead atoms. The number of unbranched alkanes of at least 4 members (excludes halogenated alkanes) is 3. The Bertz CT molecular complexity index is 180. The van der Waals surface area contributed by atoms with Gasteiger partial charge in [0.2, 0.25) is 0 Å². The van der Waals surface area contributed by atoms with Gasteiger partial charge < -0.3 is 5.11 Å². The van der Waals surface area contributed by atoms with Crippen LogP contribution in [0.25, 0.3) is 0 Å². The van der Waals surface area contributed by atoms with E-state index in [0.717, 1.165) is 18.4 Å². The second-order valence-electron chi connectivity index (χ2n) is 3.85. The summed E-state index contributed by atoms with van der Waals surface area (Å²) in [4.78, 5) is 0. The van der Waals surface area contributed by atoms with Crippen LogP contribution < -0.4 is 0 Å². The smallest absolute Gasteiger partial charge is 0.0647 e. The normalized spacial score (nSPS) is 12.5. The van der Waals surface area contributed by atoms with E-state index < -0.39 is 0 Å². The third-order valence-corrected chi connectivity index (χ3v) is 2.59. The van der Waals surface area contributed by atoms with Gasteiger partial charge >= 0.3 is 0 Å². The van der Waals surface area contributed by atoms with Crippen LogP contribution in [0.3, 0.4) is 0 Å². The van der Waals surface area contributed by atoms with Gasteiger partial charge in [-0.25, -0.2) is 0 Å². The number of hydrogen-bond acceptors (Lipinski definition) is 1. The van der Waals surface area contributed by atoms with Gasteiger partial charge in [0, 0.05) is 0 Å². The lowest BCUT2D eigenvalue weighted by atomic mass is 10.0. The van der Waals surface area contributed by atoms with E-state index in [1.54, 1.807) is 0 Å². The third-order valence-electron chi connectivity index (χ3n) is 2.59. The summed E-state index contributed by atoms with van der Waals surface area (Å²) in [6.45, 7) is 8.23. The lowest BCUT2D eigenvalue weighted by molar-refractivity contribution is 0.327. The molecule has 0 saturated heterocycles. The molecule has 0 fully saturated rings. The zero-order chi connectivity index (χ0) is 10.8. The van der Waals surface area contributed by atoms with Crippen molar-refractivity contribution in [3.8, 4) is 0 Å². The van der Waals surface area contributed by atoms with Gasteiger partial charge in [-0.1, -0.05) is 37.8 Å². The van der Waals surface area contributed by atoms with Crippen LogP contribution in [-0.4, -0.2) is 11.7 Å². The standard InChI is InChI=1S/C13H24O/c1-4-6-7-8-10-12(3)13(11-14)9-5-2/h5,14H,2,4,6-11H2,1,3H3/b13-12-. The first-order valence-corrected chi connectivity index (χ1v) is 5.65. The van der Waals surface area contributed by atoms with Gasteiger partial charge in [0.1, 0.15) is 0 Å². The Hall–Kier alpha value is -0.560. The summed E-state index contributed by atoms with van der Waals surface area (Å²) in [7, 11) is 0. The molecule has 0 aromatic carbocycles. The molecule has 0 heterocycles. The summed E-state index contributed by atoms with van der Waals surface area (Å²) in [5.74, 6) is 0. The summed E-state index contributed by atoms with van der Waals surface area (Å²) in [5.41, 5.74) is 2.50. The maximum Gasteiger partial charge on any atom is 0.0647 e. The van der Waals surface area contributed by atoms with Gasteiger partial charge in [-0.2, -0.15) is 0 Å². The van der Waals surface area contributed by atoms with Gasteiger partial charge in [-0.15, -0.1) is 6.58 Å². The van der Waals surface area contributed by atoms with Crippen LogP contribution in [0.5, 0.6) is 0 Å². The Morgan fingerprint density at radius 2 is 2.00 bits per heavy atom. The molecule has 0 amide bonds. The van der Waals surface area contributed by atoms with Gasteiger partial charge in [0.25, 0.3) is 0 Å². The number of aliphatic hydroxyl groups is 1. The van der Waals surface area contributed by atoms with Gasteiger partial charge in [0.05, 0.1) is 6.61 Å². The minimum atomic E-state index is 0.186. The molecule has 1 nitrogen and oxygen atoms in total. The molecule has 0 aromatic heterocycles. The fraction of sp³-hybridized carbons (Fsp3) is 0.692. The molecule has 0 spiro atoms. The van der Waals surface area contributed by atoms with E-state index >= 15 is 0 Å². The Balaban J connectivity index is 3.86. The highest BCUT2D eigenvalue weighted by Gasteiger charge is 1.99. The predicted molar refractivity (Wildman–Crippen MR) is 63.4 cm³/mol. The van der Waals surface area contributed by atoms with Crippen molar-refractivity contribution >= 4 is 0 Å². The quantitative estimate of drug-likeness (QED) is 0.462. The van der Waals surface area contributed by atoms with Crippen LogP contribution in [0.2, 0.25) is 0 Å². The minimum Gasteiger partial charge on any atom is -0.392 e. The summed E-state index contributed by atoms with van der Waals surface area (Å²) in [5, 5.41) is 9.12. The highest BCUT2D eigenvalue weighted by molar-refractivity contribution is 5.15. The molecule has 1 N–H and O–H groups in total. The summed E-state index contributed by atoms with van der Waals surface area (Å²) in [6.07, 6.45) is 8.98. The molecule has 0 atom stereocenters. The fourth-order valence-electron chi connectivity index (χ4n) is 1.54. The monoisotopic (exact) mass is 196 g/mol. The average Bonchev–Trinajstić information content (AvgIpc) is 2.20. The molecular formula is C13H24O. The zero-order valence-electron chi connectivity index (χ0n) is 9.68. The third kappa shape index (κ3) is 5.98. The molecule has 1 heteroatoms. The highest BCUT2D eigenvalue weighted by atomic mass is 16.3. The van der Waals surface area contributed by atoms with E-state index in [1.165, 1.54) is 31.3 Å². The van der Waals surface area contributed by atoms with E-state index in [1.807, 2.05) is 6.08 Å². The molecule has 0 aliphatic carbocycles. The first-order valence-electron chi connectivity index (χ1n) is 5.65. The number of allylic oxidation sites excluding steroid dienone is 2. The minimum absolute atomic E-state index is 0.186. The lowest BCUT2D eigenvalue weighted by Gasteiger charge is -2.07. The van der Waals surface area contributed by atoms with Crippen LogP contribution in [0, 0.1) is 0 Å². The zero-order valence-corrected chi connectivity index (χ0v) is 9.68. The molecule has 0 aliphatic heterocycles. The van der Waals surface area contributed by atoms with Crippen LogP contribution in [0.1, 0.15) is 52.4 Å². The molecule has 0 rings (SSSR count). The summed E-state index contributed by atoms with van der Waals surface area (Å²) >= 11 is 0. The molecule has 0 aliphatic rings. The van der Waals surface area contributed by atoms with Crippen LogP contribution in [0.4, 0.5) is 0 Å². The first-order chi connectivity index (χ1) is 6.76. The maximum absolute atomic E-state index is 9.12. The van der Waals surface area contributed by atoms with Crippen molar-refractivity contribution in [1.29, 1.82) is 0 Å². The van der Waals surface area contributed by atoms with Crippen molar-refractivity contribution in [1.82, 2.24) is 0 Å². The largest absolute Gasteiger partial charge is 0.392 e. The second-order valence-corrected chi connectivity index (χ2v) is 3.85. The van der Waals surface area contributed by atoms with E-state index in [9.17, 15) is 0 Å². The molecular weight excluding hydrogens is 172 g/mol. The topological polar surface area (TPSA) is 20.2 Å². The molecule has 14 heavy (non-hydrogen) atoms. The number of rotatable bonds is 8. The van der Waals surface area contributed by atoms with Crippen molar-refractivity contribution in [3.05, 3.63) is 23.8 Å². The Labute approximate surface area is 88.5 Å². The average molecular weight is 196 g/mol. The molecule has 82 valence electrons. The van der Waals surface area contributed by atoms with Gasteiger partial charge in [0.15, 0.2) is 0 Å². The predicted octanol–water partition coefficient (Wildman–Crippen LogP) is 3.84. The Kier molecular flexibility index (Phi) is 8.65. The molecule has 0 radical (unpaired) electrons. The van der Waals surface area contributed by atoms with E-state index in [0.29, 0.717) is 0 Å². The molecule has 0 unspecified atom stereocenters. The van der Waals surface area contributed by atoms with Crippen molar-refractivity contribution in [3.63, 3.8) is 0 Å². The molecule has 0 saturated carbocycles. The second kappa shape index (κ2) is 9.01. The summed E-state index contributed by atoms with van der Waals surface area (Å²) in [6, 6.07) is 0. The Morgan fingerprint density at radius 1 is 1.29 bits per heavy atom. The maximum atomic E-state index is 9.12. The molecule has 0 aromatic rings. The van der Waals surface area contributed by atoms with E-state index in [-0.39, 0.29) is 6.61 Å². The van der Waals surface area contributed by atoms with Crippen LogP contribution in [0.15, 0.2) is 23.8 Å². The SMILES string of the molecule is C=CC/C(CO)=C(\C)CCCCCC. The van der Waals surface area contributed by atoms with Crippen LogP contribution >= 0.6 is 0 Å². The van der Waals surface area contributed by atoms with Crippen molar-refractivity contribution in [2.75, 3.05) is 6.61 Å². The van der Waals surface area contributed by atoms with Gasteiger partial charge in [-0.05, 0) is 31.8 Å². The van der Waals surface area contributed by atoms with Crippen LogP contribution in [-0.2, 0) is 0 Å². The van der Waals surface area contributed by atoms with Crippen molar-refractivity contribution in [2.45, 2.75) is 52.4 Å². The van der Waals surface area contributed by atoms with Gasteiger partial charge in [-0.3, -0.25) is 0 Å². The van der Waals surface area contributed by atoms with E-state index in [4.69, 9.17) is 5.11 Å². The first kappa shape index (κ1) is 13.4. The number of hydrogen-bond donors (Lipinski definition) is 1. The lowest BCUT2D eigenvalue weighted by Crippen LogP contribution is -1.94. The summed E-state index contributed by atoms with van der Waals surface area (Å²) < 4.78 is 0. The van der Waals surface area contributed by atoms with Crippen molar-refractivity contribution in [2.24, 2.45) is 0 Å². The van der Waals surface area contributed by atoms with Crippen molar-refractivity contribution < 1.29 is 5.11 Å². The fourth-order valence-corrected chi connectivity index (χ4v) is 1.54. The van der Waals surface area contributed by atoms with E-state index in [2.05, 4.69) is 20.4 Å². The number of aliphatic hydroxyl groups excluding tert-OH is 1. The highest BCUT2D eigenvalue weighted by Crippen LogP contribution is 2.16.